The fourth-order valence-electron chi connectivity index (χ4n) is 4.98. The lowest BCUT2D eigenvalue weighted by Crippen LogP contribution is -2.46. The molecule has 4 heterocycles. The maximum Gasteiger partial charge on any atom is 0.254 e. The van der Waals surface area contributed by atoms with E-state index in [4.69, 9.17) is 0 Å². The van der Waals surface area contributed by atoms with E-state index in [1.807, 2.05) is 17.0 Å². The van der Waals surface area contributed by atoms with Crippen LogP contribution in [0.2, 0.25) is 0 Å². The van der Waals surface area contributed by atoms with Crippen molar-refractivity contribution in [2.75, 3.05) is 19.3 Å². The second-order valence-electron chi connectivity index (χ2n) is 8.75. The Morgan fingerprint density at radius 3 is 2.65 bits per heavy atom. The van der Waals surface area contributed by atoms with Crippen LogP contribution in [0.5, 0.6) is 0 Å². The summed E-state index contributed by atoms with van der Waals surface area (Å²) >= 11 is 0. The molecule has 7 nitrogen and oxygen atoms in total. The molecule has 0 spiro atoms. The summed E-state index contributed by atoms with van der Waals surface area (Å²) < 4.78 is 28.3. The van der Waals surface area contributed by atoms with Gasteiger partial charge in [-0.3, -0.25) is 13.6 Å². The number of halogens is 1. The Morgan fingerprint density at radius 2 is 1.97 bits per heavy atom. The number of hydrogen-bond acceptors (Lipinski definition) is 5. The van der Waals surface area contributed by atoms with Crippen LogP contribution in [0.3, 0.4) is 0 Å². The highest BCUT2D eigenvalue weighted by Crippen LogP contribution is 2.30. The molecule has 172 valence electrons. The van der Waals surface area contributed by atoms with Crippen LogP contribution >= 0.6 is 0 Å². The van der Waals surface area contributed by atoms with Crippen LogP contribution in [0, 0.1) is 5.82 Å². The van der Waals surface area contributed by atoms with Crippen molar-refractivity contribution in [1.29, 1.82) is 0 Å². The summed E-state index contributed by atoms with van der Waals surface area (Å²) in [5.74, 6) is 0.0114. The first-order chi connectivity index (χ1) is 16.5. The van der Waals surface area contributed by atoms with Crippen molar-refractivity contribution >= 4 is 27.6 Å². The number of piperazine rings is 1. The molecule has 2 aromatic carbocycles. The van der Waals surface area contributed by atoms with Crippen molar-refractivity contribution in [3.8, 4) is 17.1 Å². The average molecular weight is 476 g/mol. The van der Waals surface area contributed by atoms with Gasteiger partial charge in [0.1, 0.15) is 5.82 Å². The number of fused-ring (bicyclic) bond motifs is 3. The lowest BCUT2D eigenvalue weighted by molar-refractivity contribution is 0.0716. The molecule has 2 saturated heterocycles. The average Bonchev–Trinajstić information content (AvgIpc) is 3.58. The standard InChI is InChI=1S/C25H22FN5O2S/c1-34(33)23-14-31(25-28-10-16(11-29-25)19-4-2-3-5-21(19)26)22-8-15(6-7-20(22)23)24(32)30-13-17-9-18(30)12-27-17/h2-8,10-11,14,17-18,27H,9,12-13H2,1H3/t17-,18-,34?/m0/s1. The van der Waals surface area contributed by atoms with Crippen molar-refractivity contribution in [3.05, 3.63) is 72.4 Å². The molecular formula is C25H22FN5O2S. The second kappa shape index (κ2) is 8.11. The number of aromatic nitrogens is 3. The van der Waals surface area contributed by atoms with Gasteiger partial charge in [-0.1, -0.05) is 24.3 Å². The summed E-state index contributed by atoms with van der Waals surface area (Å²) in [5.41, 5.74) is 2.27. The number of rotatable bonds is 4. The molecule has 1 unspecified atom stereocenters. The van der Waals surface area contributed by atoms with E-state index in [2.05, 4.69) is 15.3 Å². The summed E-state index contributed by atoms with van der Waals surface area (Å²) in [4.78, 5) is 24.8. The van der Waals surface area contributed by atoms with E-state index in [9.17, 15) is 13.4 Å². The Hall–Kier alpha value is -3.43. The lowest BCUT2D eigenvalue weighted by atomic mass is 10.1. The van der Waals surface area contributed by atoms with Gasteiger partial charge in [0.15, 0.2) is 0 Å². The number of nitrogens with zero attached hydrogens (tertiary/aromatic N) is 4. The minimum atomic E-state index is -1.24. The molecule has 2 aliphatic heterocycles. The van der Waals surface area contributed by atoms with Crippen LogP contribution in [0.15, 0.2) is 66.0 Å². The van der Waals surface area contributed by atoms with E-state index in [1.165, 1.54) is 6.07 Å². The summed E-state index contributed by atoms with van der Waals surface area (Å²) in [6.45, 7) is 1.55. The third kappa shape index (κ3) is 3.43. The first-order valence-corrected chi connectivity index (χ1v) is 12.7. The van der Waals surface area contributed by atoms with E-state index in [-0.39, 0.29) is 17.8 Å². The number of amides is 1. The van der Waals surface area contributed by atoms with Crippen LogP contribution in [0.25, 0.3) is 28.0 Å². The van der Waals surface area contributed by atoms with Crippen molar-refractivity contribution in [3.63, 3.8) is 0 Å². The fourth-order valence-corrected chi connectivity index (χ4v) is 5.71. The monoisotopic (exact) mass is 475 g/mol. The van der Waals surface area contributed by atoms with Gasteiger partial charge >= 0.3 is 0 Å². The first-order valence-electron chi connectivity index (χ1n) is 11.1. The Kier molecular flexibility index (Phi) is 5.04. The molecule has 6 rings (SSSR count). The molecule has 1 N–H and O–H groups in total. The molecule has 2 aliphatic rings. The van der Waals surface area contributed by atoms with E-state index >= 15 is 0 Å². The zero-order valence-corrected chi connectivity index (χ0v) is 19.3. The summed E-state index contributed by atoms with van der Waals surface area (Å²) in [6.07, 6.45) is 7.49. The first kappa shape index (κ1) is 21.1. The van der Waals surface area contributed by atoms with Gasteiger partial charge in [-0.2, -0.15) is 0 Å². The molecular weight excluding hydrogens is 453 g/mol. The maximum atomic E-state index is 14.2. The summed E-state index contributed by atoms with van der Waals surface area (Å²) in [5, 5.41) is 4.20. The molecule has 34 heavy (non-hydrogen) atoms. The number of benzene rings is 2. The Bertz CT molecular complexity index is 1450. The van der Waals surface area contributed by atoms with Crippen molar-refractivity contribution in [1.82, 2.24) is 24.8 Å². The fraction of sp³-hybridized carbons (Fsp3) is 0.240. The van der Waals surface area contributed by atoms with Gasteiger partial charge in [0.05, 0.1) is 21.2 Å². The number of carbonyl (C=O) groups is 1. The topological polar surface area (TPSA) is 80.1 Å². The molecule has 0 radical (unpaired) electrons. The molecule has 2 bridgehead atoms. The van der Waals surface area contributed by atoms with Crippen LogP contribution < -0.4 is 5.32 Å². The number of nitrogens with one attached hydrogen (secondary N) is 1. The SMILES string of the molecule is CS(=O)c1cn(-c2ncc(-c3ccccc3F)cn2)c2cc(C(=O)N3C[C@@H]4C[C@H]3CN4)ccc12. The highest BCUT2D eigenvalue weighted by atomic mass is 32.2. The normalized spacial score (nSPS) is 20.2. The number of hydrogen-bond donors (Lipinski definition) is 1. The highest BCUT2D eigenvalue weighted by Gasteiger charge is 2.40. The quantitative estimate of drug-likeness (QED) is 0.491. The van der Waals surface area contributed by atoms with Crippen LogP contribution in [-0.4, -0.2) is 61.0 Å². The zero-order chi connectivity index (χ0) is 23.4. The Morgan fingerprint density at radius 1 is 1.18 bits per heavy atom. The van der Waals surface area contributed by atoms with E-state index < -0.39 is 10.8 Å². The predicted octanol–water partition coefficient (Wildman–Crippen LogP) is 3.15. The highest BCUT2D eigenvalue weighted by molar-refractivity contribution is 7.84. The maximum absolute atomic E-state index is 14.2. The molecule has 2 aromatic heterocycles. The minimum absolute atomic E-state index is 0.00126. The van der Waals surface area contributed by atoms with Crippen LogP contribution in [0.4, 0.5) is 4.39 Å². The van der Waals surface area contributed by atoms with E-state index in [0.29, 0.717) is 45.6 Å². The molecule has 0 aliphatic carbocycles. The van der Waals surface area contributed by atoms with Gasteiger partial charge in [0, 0.05) is 72.1 Å². The second-order valence-corrected chi connectivity index (χ2v) is 10.1. The number of likely N-dealkylation sites (tertiary alicyclic amines) is 1. The van der Waals surface area contributed by atoms with E-state index in [1.54, 1.807) is 53.7 Å². The van der Waals surface area contributed by atoms with Crippen molar-refractivity contribution in [2.24, 2.45) is 0 Å². The van der Waals surface area contributed by atoms with Crippen molar-refractivity contribution < 1.29 is 13.4 Å². The summed E-state index contributed by atoms with van der Waals surface area (Å²) in [7, 11) is -1.24. The Balaban J connectivity index is 1.41. The molecule has 1 amide bonds. The van der Waals surface area contributed by atoms with Gasteiger partial charge in [-0.25, -0.2) is 14.4 Å². The van der Waals surface area contributed by atoms with Crippen LogP contribution in [0.1, 0.15) is 16.8 Å². The summed E-state index contributed by atoms with van der Waals surface area (Å²) in [6, 6.07) is 12.5. The van der Waals surface area contributed by atoms with Crippen LogP contribution in [-0.2, 0) is 10.8 Å². The molecule has 4 aromatic rings. The Labute approximate surface area is 198 Å². The van der Waals surface area contributed by atoms with Gasteiger partial charge in [0.2, 0.25) is 5.95 Å². The third-order valence-electron chi connectivity index (χ3n) is 6.68. The minimum Gasteiger partial charge on any atom is -0.333 e. The number of carbonyl (C=O) groups excluding carboxylic acids is 1. The largest absolute Gasteiger partial charge is 0.333 e. The predicted molar refractivity (Wildman–Crippen MR) is 128 cm³/mol. The van der Waals surface area contributed by atoms with Gasteiger partial charge < -0.3 is 10.2 Å². The van der Waals surface area contributed by atoms with Gasteiger partial charge in [0.25, 0.3) is 5.91 Å². The molecule has 2 fully saturated rings. The van der Waals surface area contributed by atoms with Gasteiger partial charge in [-0.15, -0.1) is 0 Å². The molecule has 3 atom stereocenters. The molecule has 0 saturated carbocycles. The lowest BCUT2D eigenvalue weighted by Gasteiger charge is -2.27. The molecule has 9 heteroatoms. The van der Waals surface area contributed by atoms with Gasteiger partial charge in [-0.05, 0) is 24.6 Å². The zero-order valence-electron chi connectivity index (χ0n) is 18.4. The van der Waals surface area contributed by atoms with E-state index in [0.717, 1.165) is 18.4 Å². The smallest absolute Gasteiger partial charge is 0.254 e. The van der Waals surface area contributed by atoms with Crippen molar-refractivity contribution in [2.45, 2.75) is 23.4 Å². The third-order valence-corrected chi connectivity index (χ3v) is 7.63.